The number of amides is 1. The van der Waals surface area contributed by atoms with Gasteiger partial charge in [0.25, 0.3) is 0 Å². The third-order valence-corrected chi connectivity index (χ3v) is 2.76. The quantitative estimate of drug-likeness (QED) is 0.738. The van der Waals surface area contributed by atoms with Crippen molar-refractivity contribution in [3.8, 4) is 0 Å². The first-order valence-electron chi connectivity index (χ1n) is 4.49. The molecule has 1 aromatic rings. The van der Waals surface area contributed by atoms with E-state index in [1.807, 2.05) is 0 Å². The number of hydrogen-bond donors (Lipinski definition) is 1. The van der Waals surface area contributed by atoms with Gasteiger partial charge in [-0.3, -0.25) is 4.79 Å². The Morgan fingerprint density at radius 2 is 2.13 bits per heavy atom. The van der Waals surface area contributed by atoms with Crippen LogP contribution in [0.5, 0.6) is 0 Å². The summed E-state index contributed by atoms with van der Waals surface area (Å²) >= 11 is 5.55. The molecule has 0 radical (unpaired) electrons. The zero-order chi connectivity index (χ0) is 11.0. The van der Waals surface area contributed by atoms with Crippen molar-refractivity contribution in [2.24, 2.45) is 0 Å². The van der Waals surface area contributed by atoms with Crippen LogP contribution in [0.2, 0.25) is 5.02 Å². The Balaban J connectivity index is 2.43. The second kappa shape index (κ2) is 3.77. The fraction of sp³-hybridized carbons (Fsp3) is 0.300. The maximum absolute atomic E-state index is 13.5. The number of carbonyl (C=O) groups excluding carboxylic acids is 1. The van der Waals surface area contributed by atoms with Gasteiger partial charge in [0.05, 0.1) is 5.02 Å². The molecule has 0 aliphatic carbocycles. The fourth-order valence-corrected chi connectivity index (χ4v) is 1.89. The Bertz CT molecular complexity index is 422. The Morgan fingerprint density at radius 3 is 2.73 bits per heavy atom. The van der Waals surface area contributed by atoms with Gasteiger partial charge < -0.3 is 5.32 Å². The third kappa shape index (κ3) is 1.81. The van der Waals surface area contributed by atoms with E-state index in [0.29, 0.717) is 0 Å². The van der Waals surface area contributed by atoms with Crippen LogP contribution in [0.1, 0.15) is 17.9 Å². The van der Waals surface area contributed by atoms with Gasteiger partial charge in [-0.2, -0.15) is 0 Å². The van der Waals surface area contributed by atoms with Gasteiger partial charge in [0, 0.05) is 24.4 Å². The molecule has 0 spiro atoms. The summed E-state index contributed by atoms with van der Waals surface area (Å²) in [5.74, 6) is -2.08. The average Bonchev–Trinajstić information content (AvgIpc) is 2.59. The predicted octanol–water partition coefficient (Wildman–Crippen LogP) is 2.22. The molecule has 1 aliphatic rings. The Labute approximate surface area is 90.2 Å². The number of nitrogens with one attached hydrogen (secondary N) is 1. The molecule has 1 saturated heterocycles. The highest BCUT2D eigenvalue weighted by Gasteiger charge is 2.28. The van der Waals surface area contributed by atoms with Crippen LogP contribution in [-0.2, 0) is 4.79 Å². The first kappa shape index (κ1) is 10.4. The number of hydrogen-bond acceptors (Lipinski definition) is 1. The Hall–Kier alpha value is -1.16. The lowest BCUT2D eigenvalue weighted by Crippen LogP contribution is -2.14. The van der Waals surface area contributed by atoms with Crippen molar-refractivity contribution < 1.29 is 13.6 Å². The van der Waals surface area contributed by atoms with Gasteiger partial charge in [0.1, 0.15) is 11.6 Å². The van der Waals surface area contributed by atoms with Crippen LogP contribution in [0.4, 0.5) is 8.78 Å². The van der Waals surface area contributed by atoms with Crippen LogP contribution in [0, 0.1) is 11.6 Å². The molecule has 1 aliphatic heterocycles. The summed E-state index contributed by atoms with van der Waals surface area (Å²) < 4.78 is 26.9. The lowest BCUT2D eigenvalue weighted by Gasteiger charge is -2.11. The summed E-state index contributed by atoms with van der Waals surface area (Å²) in [5, 5.41) is 2.41. The molecule has 0 saturated carbocycles. The summed E-state index contributed by atoms with van der Waals surface area (Å²) in [7, 11) is 0. The minimum Gasteiger partial charge on any atom is -0.355 e. The highest BCUT2D eigenvalue weighted by atomic mass is 35.5. The van der Waals surface area contributed by atoms with Crippen molar-refractivity contribution in [3.05, 3.63) is 34.4 Å². The van der Waals surface area contributed by atoms with Gasteiger partial charge in [-0.25, -0.2) is 8.78 Å². The highest BCUT2D eigenvalue weighted by Crippen LogP contribution is 2.31. The normalized spacial score (nSPS) is 20.5. The molecule has 15 heavy (non-hydrogen) atoms. The van der Waals surface area contributed by atoms with Crippen LogP contribution in [0.3, 0.4) is 0 Å². The standard InChI is InChI=1S/C10H8ClF2NO/c11-6-1-2-7(12)9(10(6)13)5-3-8(15)14-4-5/h1-2,5H,3-4H2,(H,14,15). The number of carbonyl (C=O) groups is 1. The number of rotatable bonds is 1. The minimum atomic E-state index is -0.766. The van der Waals surface area contributed by atoms with Crippen molar-refractivity contribution in [2.75, 3.05) is 6.54 Å². The minimum absolute atomic E-state index is 0.0964. The SMILES string of the molecule is O=C1CC(c2c(F)ccc(Cl)c2F)CN1. The molecule has 2 rings (SSSR count). The summed E-state index contributed by atoms with van der Waals surface area (Å²) in [4.78, 5) is 10.9. The van der Waals surface area contributed by atoms with Gasteiger partial charge in [-0.05, 0) is 12.1 Å². The molecular weight excluding hydrogens is 224 g/mol. The highest BCUT2D eigenvalue weighted by molar-refractivity contribution is 6.30. The monoisotopic (exact) mass is 231 g/mol. The van der Waals surface area contributed by atoms with Gasteiger partial charge in [0.15, 0.2) is 0 Å². The molecule has 1 atom stereocenters. The largest absolute Gasteiger partial charge is 0.355 e. The first-order valence-corrected chi connectivity index (χ1v) is 4.87. The van der Waals surface area contributed by atoms with E-state index in [1.54, 1.807) is 0 Å². The maximum atomic E-state index is 13.5. The van der Waals surface area contributed by atoms with Gasteiger partial charge in [0.2, 0.25) is 5.91 Å². The van der Waals surface area contributed by atoms with Crippen LogP contribution in [0.25, 0.3) is 0 Å². The van der Waals surface area contributed by atoms with E-state index < -0.39 is 17.6 Å². The van der Waals surface area contributed by atoms with E-state index in [0.717, 1.165) is 6.07 Å². The van der Waals surface area contributed by atoms with Crippen LogP contribution in [-0.4, -0.2) is 12.5 Å². The van der Waals surface area contributed by atoms with E-state index in [1.165, 1.54) is 6.07 Å². The van der Waals surface area contributed by atoms with Gasteiger partial charge >= 0.3 is 0 Å². The zero-order valence-corrected chi connectivity index (χ0v) is 8.44. The summed E-state index contributed by atoms with van der Waals surface area (Å²) in [6.45, 7) is 0.257. The zero-order valence-electron chi connectivity index (χ0n) is 7.69. The molecule has 5 heteroatoms. The average molecular weight is 232 g/mol. The third-order valence-electron chi connectivity index (χ3n) is 2.47. The molecule has 1 amide bonds. The first-order chi connectivity index (χ1) is 7.09. The molecule has 0 bridgehead atoms. The smallest absolute Gasteiger partial charge is 0.220 e. The van der Waals surface area contributed by atoms with E-state index in [4.69, 9.17) is 11.6 Å². The Morgan fingerprint density at radius 1 is 1.40 bits per heavy atom. The molecule has 1 heterocycles. The van der Waals surface area contributed by atoms with Crippen LogP contribution < -0.4 is 5.32 Å². The van der Waals surface area contributed by atoms with Crippen molar-refractivity contribution in [2.45, 2.75) is 12.3 Å². The van der Waals surface area contributed by atoms with Crippen LogP contribution >= 0.6 is 11.6 Å². The molecule has 0 aromatic heterocycles. The lowest BCUT2D eigenvalue weighted by atomic mass is 9.97. The maximum Gasteiger partial charge on any atom is 0.220 e. The van der Waals surface area contributed by atoms with Crippen LogP contribution in [0.15, 0.2) is 12.1 Å². The fourth-order valence-electron chi connectivity index (χ4n) is 1.73. The van der Waals surface area contributed by atoms with Gasteiger partial charge in [-0.15, -0.1) is 0 Å². The molecule has 80 valence electrons. The summed E-state index contributed by atoms with van der Waals surface area (Å²) in [6, 6.07) is 2.28. The summed E-state index contributed by atoms with van der Waals surface area (Å²) in [5.41, 5.74) is -0.0964. The van der Waals surface area contributed by atoms with Crippen molar-refractivity contribution in [1.29, 1.82) is 0 Å². The molecular formula is C10H8ClF2NO. The van der Waals surface area contributed by atoms with E-state index in [9.17, 15) is 13.6 Å². The van der Waals surface area contributed by atoms with E-state index in [2.05, 4.69) is 5.32 Å². The molecule has 1 N–H and O–H groups in total. The van der Waals surface area contributed by atoms with Gasteiger partial charge in [-0.1, -0.05) is 11.6 Å². The van der Waals surface area contributed by atoms with E-state index >= 15 is 0 Å². The summed E-state index contributed by atoms with van der Waals surface area (Å²) in [6.07, 6.45) is 0.105. The predicted molar refractivity (Wildman–Crippen MR) is 51.7 cm³/mol. The topological polar surface area (TPSA) is 29.1 Å². The van der Waals surface area contributed by atoms with Crippen molar-refractivity contribution in [3.63, 3.8) is 0 Å². The number of halogens is 3. The molecule has 1 unspecified atom stereocenters. The van der Waals surface area contributed by atoms with Crippen molar-refractivity contribution >= 4 is 17.5 Å². The van der Waals surface area contributed by atoms with Crippen molar-refractivity contribution in [1.82, 2.24) is 5.32 Å². The molecule has 2 nitrogen and oxygen atoms in total. The van der Waals surface area contributed by atoms with E-state index in [-0.39, 0.29) is 29.5 Å². The Kier molecular flexibility index (Phi) is 2.61. The lowest BCUT2D eigenvalue weighted by molar-refractivity contribution is -0.119. The molecule has 1 aromatic carbocycles. The number of benzene rings is 1. The second-order valence-electron chi connectivity index (χ2n) is 3.46. The molecule has 1 fully saturated rings. The second-order valence-corrected chi connectivity index (χ2v) is 3.87.